The molecule has 1 saturated heterocycles. The van der Waals surface area contributed by atoms with Crippen molar-refractivity contribution in [1.29, 1.82) is 0 Å². The molecule has 4 nitrogen and oxygen atoms in total. The number of amides is 1. The summed E-state index contributed by atoms with van der Waals surface area (Å²) in [6, 6.07) is 2.07. The minimum absolute atomic E-state index is 0. The van der Waals surface area contributed by atoms with Gasteiger partial charge in [0.1, 0.15) is 6.10 Å². The summed E-state index contributed by atoms with van der Waals surface area (Å²) >= 11 is 1.66. The molecule has 1 amide bonds. The number of hydrogen-bond acceptors (Lipinski definition) is 4. The molecule has 0 aromatic carbocycles. The van der Waals surface area contributed by atoms with Gasteiger partial charge in [-0.15, -0.1) is 12.4 Å². The Hall–Kier alpha value is -0.620. The topological polar surface area (TPSA) is 55.6 Å². The van der Waals surface area contributed by atoms with Crippen LogP contribution < -0.4 is 5.73 Å². The van der Waals surface area contributed by atoms with Gasteiger partial charge in [-0.3, -0.25) is 4.79 Å². The SMILES string of the molecule is Cl.NC1(C(=O)N2CCOC(c3ccsc3)C2)CCCCC1. The number of nitrogens with zero attached hydrogens (tertiary/aromatic N) is 1. The molecule has 1 aromatic rings. The second kappa shape index (κ2) is 7.09. The zero-order chi connectivity index (χ0) is 14.0. The van der Waals surface area contributed by atoms with Gasteiger partial charge in [-0.1, -0.05) is 19.3 Å². The number of morpholine rings is 1. The molecule has 3 rings (SSSR count). The lowest BCUT2D eigenvalue weighted by molar-refractivity contribution is -0.146. The zero-order valence-electron chi connectivity index (χ0n) is 12.1. The number of halogens is 1. The molecule has 1 aliphatic carbocycles. The number of ether oxygens (including phenoxy) is 1. The molecule has 0 spiro atoms. The molecular weight excluding hydrogens is 308 g/mol. The molecule has 2 heterocycles. The monoisotopic (exact) mass is 330 g/mol. The summed E-state index contributed by atoms with van der Waals surface area (Å²) in [6.45, 7) is 1.90. The van der Waals surface area contributed by atoms with Crippen LogP contribution in [0.15, 0.2) is 16.8 Å². The average molecular weight is 331 g/mol. The third-order valence-corrected chi connectivity index (χ3v) is 5.14. The summed E-state index contributed by atoms with van der Waals surface area (Å²) < 4.78 is 5.79. The zero-order valence-corrected chi connectivity index (χ0v) is 13.8. The number of rotatable bonds is 2. The maximum absolute atomic E-state index is 12.7. The largest absolute Gasteiger partial charge is 0.370 e. The number of thiophene rings is 1. The lowest BCUT2D eigenvalue weighted by Gasteiger charge is -2.40. The Labute approximate surface area is 136 Å². The number of carbonyl (C=O) groups excluding carboxylic acids is 1. The van der Waals surface area contributed by atoms with Gasteiger partial charge in [-0.05, 0) is 35.2 Å². The van der Waals surface area contributed by atoms with Crippen LogP contribution in [0.5, 0.6) is 0 Å². The summed E-state index contributed by atoms with van der Waals surface area (Å²) in [6.07, 6.45) is 5.00. The third-order valence-electron chi connectivity index (χ3n) is 4.44. The molecule has 6 heteroatoms. The van der Waals surface area contributed by atoms with Crippen molar-refractivity contribution in [1.82, 2.24) is 4.90 Å². The molecule has 1 saturated carbocycles. The van der Waals surface area contributed by atoms with Crippen molar-refractivity contribution in [3.8, 4) is 0 Å². The first-order valence-electron chi connectivity index (χ1n) is 7.41. The Bertz CT molecular complexity index is 460. The Morgan fingerprint density at radius 3 is 2.81 bits per heavy atom. The van der Waals surface area contributed by atoms with Crippen LogP contribution in [0, 0.1) is 0 Å². The smallest absolute Gasteiger partial charge is 0.242 e. The fourth-order valence-corrected chi connectivity index (χ4v) is 3.91. The average Bonchev–Trinajstić information content (AvgIpc) is 3.02. The highest BCUT2D eigenvalue weighted by molar-refractivity contribution is 7.07. The highest BCUT2D eigenvalue weighted by Crippen LogP contribution is 2.30. The van der Waals surface area contributed by atoms with Crippen LogP contribution in [0.1, 0.15) is 43.8 Å². The van der Waals surface area contributed by atoms with Crippen molar-refractivity contribution < 1.29 is 9.53 Å². The van der Waals surface area contributed by atoms with Gasteiger partial charge in [0.15, 0.2) is 0 Å². The number of hydrogen-bond donors (Lipinski definition) is 1. The Morgan fingerprint density at radius 2 is 2.14 bits per heavy atom. The standard InChI is InChI=1S/C15H22N2O2S.ClH/c16-15(5-2-1-3-6-15)14(18)17-7-8-19-13(10-17)12-4-9-20-11-12;/h4,9,11,13H,1-3,5-8,10,16H2;1H. The van der Waals surface area contributed by atoms with Crippen LogP contribution in [0.3, 0.4) is 0 Å². The predicted octanol–water partition coefficient (Wildman–Crippen LogP) is 2.73. The summed E-state index contributed by atoms with van der Waals surface area (Å²) in [5.41, 5.74) is 6.91. The van der Waals surface area contributed by atoms with E-state index >= 15 is 0 Å². The van der Waals surface area contributed by atoms with Crippen molar-refractivity contribution in [3.63, 3.8) is 0 Å². The van der Waals surface area contributed by atoms with E-state index in [1.54, 1.807) is 11.3 Å². The maximum atomic E-state index is 12.7. The van der Waals surface area contributed by atoms with Crippen LogP contribution in [-0.2, 0) is 9.53 Å². The van der Waals surface area contributed by atoms with Crippen LogP contribution in [-0.4, -0.2) is 36.0 Å². The van der Waals surface area contributed by atoms with Gasteiger partial charge < -0.3 is 15.4 Å². The molecular formula is C15H23ClN2O2S. The Kier molecular flexibility index (Phi) is 5.66. The molecule has 0 bridgehead atoms. The normalized spacial score (nSPS) is 25.2. The first-order chi connectivity index (χ1) is 9.69. The second-order valence-electron chi connectivity index (χ2n) is 5.88. The molecule has 2 fully saturated rings. The summed E-state index contributed by atoms with van der Waals surface area (Å²) in [4.78, 5) is 14.7. The van der Waals surface area contributed by atoms with E-state index in [4.69, 9.17) is 10.5 Å². The molecule has 1 aliphatic heterocycles. The first kappa shape index (κ1) is 16.7. The van der Waals surface area contributed by atoms with Gasteiger partial charge in [0.05, 0.1) is 18.7 Å². The van der Waals surface area contributed by atoms with Crippen LogP contribution >= 0.6 is 23.7 Å². The van der Waals surface area contributed by atoms with Crippen molar-refractivity contribution in [2.45, 2.75) is 43.7 Å². The quantitative estimate of drug-likeness (QED) is 0.907. The predicted molar refractivity (Wildman–Crippen MR) is 86.8 cm³/mol. The van der Waals surface area contributed by atoms with E-state index in [1.807, 2.05) is 10.3 Å². The molecule has 2 aliphatic rings. The molecule has 1 atom stereocenters. The van der Waals surface area contributed by atoms with Crippen molar-refractivity contribution >= 4 is 29.7 Å². The van der Waals surface area contributed by atoms with E-state index in [2.05, 4.69) is 11.4 Å². The van der Waals surface area contributed by atoms with E-state index in [-0.39, 0.29) is 24.4 Å². The Balaban J connectivity index is 0.00000161. The number of nitrogens with two attached hydrogens (primary N) is 1. The van der Waals surface area contributed by atoms with E-state index in [0.29, 0.717) is 19.7 Å². The van der Waals surface area contributed by atoms with Crippen molar-refractivity contribution in [3.05, 3.63) is 22.4 Å². The van der Waals surface area contributed by atoms with E-state index in [1.165, 1.54) is 12.0 Å². The molecule has 0 radical (unpaired) electrons. The minimum atomic E-state index is -0.630. The van der Waals surface area contributed by atoms with Crippen molar-refractivity contribution in [2.75, 3.05) is 19.7 Å². The molecule has 1 aromatic heterocycles. The van der Waals surface area contributed by atoms with Crippen LogP contribution in [0.25, 0.3) is 0 Å². The molecule has 118 valence electrons. The first-order valence-corrected chi connectivity index (χ1v) is 8.35. The molecule has 1 unspecified atom stereocenters. The van der Waals surface area contributed by atoms with E-state index in [9.17, 15) is 4.79 Å². The van der Waals surface area contributed by atoms with Crippen molar-refractivity contribution in [2.24, 2.45) is 5.73 Å². The maximum Gasteiger partial charge on any atom is 0.242 e. The lowest BCUT2D eigenvalue weighted by atomic mass is 9.81. The van der Waals surface area contributed by atoms with Gasteiger partial charge in [-0.2, -0.15) is 11.3 Å². The highest BCUT2D eigenvalue weighted by atomic mass is 35.5. The number of carbonyl (C=O) groups is 1. The Morgan fingerprint density at radius 1 is 1.38 bits per heavy atom. The summed E-state index contributed by atoms with van der Waals surface area (Å²) in [5.74, 6) is 0.126. The van der Waals surface area contributed by atoms with E-state index < -0.39 is 5.54 Å². The van der Waals surface area contributed by atoms with Crippen LogP contribution in [0.2, 0.25) is 0 Å². The summed E-state index contributed by atoms with van der Waals surface area (Å²) in [7, 11) is 0. The van der Waals surface area contributed by atoms with Gasteiger partial charge in [0, 0.05) is 6.54 Å². The van der Waals surface area contributed by atoms with Gasteiger partial charge in [0.2, 0.25) is 5.91 Å². The minimum Gasteiger partial charge on any atom is -0.370 e. The highest BCUT2D eigenvalue weighted by Gasteiger charge is 2.40. The second-order valence-corrected chi connectivity index (χ2v) is 6.66. The fraction of sp³-hybridized carbons (Fsp3) is 0.667. The van der Waals surface area contributed by atoms with Crippen LogP contribution in [0.4, 0.5) is 0 Å². The fourth-order valence-electron chi connectivity index (χ4n) is 3.21. The third kappa shape index (κ3) is 3.59. The van der Waals surface area contributed by atoms with E-state index in [0.717, 1.165) is 25.7 Å². The lowest BCUT2D eigenvalue weighted by Crippen LogP contribution is -2.58. The molecule has 21 heavy (non-hydrogen) atoms. The summed E-state index contributed by atoms with van der Waals surface area (Å²) in [5, 5.41) is 4.14. The van der Waals surface area contributed by atoms with Gasteiger partial charge >= 0.3 is 0 Å². The molecule has 2 N–H and O–H groups in total. The van der Waals surface area contributed by atoms with Gasteiger partial charge in [-0.25, -0.2) is 0 Å². The van der Waals surface area contributed by atoms with Gasteiger partial charge in [0.25, 0.3) is 0 Å².